The fourth-order valence-corrected chi connectivity index (χ4v) is 2.60. The smallest absolute Gasteiger partial charge is 0.243 e. The SMILES string of the molecule is Cc1ccc(NC(=O)C2CC(c3ccccc3)NN2)c(O)c1. The first-order valence-corrected chi connectivity index (χ1v) is 7.30. The maximum Gasteiger partial charge on any atom is 0.243 e. The normalized spacial score (nSPS) is 20.8. The second-order valence-electron chi connectivity index (χ2n) is 5.55. The molecule has 3 rings (SSSR count). The van der Waals surface area contributed by atoms with E-state index in [4.69, 9.17) is 0 Å². The van der Waals surface area contributed by atoms with Crippen molar-refractivity contribution < 1.29 is 9.90 Å². The first-order chi connectivity index (χ1) is 10.6. The molecule has 1 aliphatic rings. The highest BCUT2D eigenvalue weighted by Crippen LogP contribution is 2.26. The molecule has 1 aliphatic heterocycles. The van der Waals surface area contributed by atoms with E-state index >= 15 is 0 Å². The number of rotatable bonds is 3. The molecule has 1 heterocycles. The summed E-state index contributed by atoms with van der Waals surface area (Å²) in [6.45, 7) is 1.89. The van der Waals surface area contributed by atoms with Crippen molar-refractivity contribution in [1.82, 2.24) is 10.9 Å². The molecule has 2 unspecified atom stereocenters. The molecule has 0 radical (unpaired) electrons. The molecule has 2 aromatic rings. The molecule has 0 saturated carbocycles. The lowest BCUT2D eigenvalue weighted by Crippen LogP contribution is -2.39. The van der Waals surface area contributed by atoms with Gasteiger partial charge in [0.15, 0.2) is 0 Å². The summed E-state index contributed by atoms with van der Waals surface area (Å²) in [6, 6.07) is 14.9. The van der Waals surface area contributed by atoms with Crippen LogP contribution < -0.4 is 16.2 Å². The molecule has 2 aromatic carbocycles. The number of hydrazine groups is 1. The van der Waals surface area contributed by atoms with Crippen molar-refractivity contribution in [2.45, 2.75) is 25.4 Å². The van der Waals surface area contributed by atoms with Crippen LogP contribution in [0, 0.1) is 6.92 Å². The maximum absolute atomic E-state index is 12.3. The molecule has 5 nitrogen and oxygen atoms in total. The van der Waals surface area contributed by atoms with Crippen molar-refractivity contribution in [1.29, 1.82) is 0 Å². The van der Waals surface area contributed by atoms with E-state index in [9.17, 15) is 9.90 Å². The van der Waals surface area contributed by atoms with Crippen molar-refractivity contribution >= 4 is 11.6 Å². The van der Waals surface area contributed by atoms with Gasteiger partial charge in [0.1, 0.15) is 11.8 Å². The Bertz CT molecular complexity index is 673. The molecule has 1 fully saturated rings. The van der Waals surface area contributed by atoms with E-state index in [0.717, 1.165) is 11.1 Å². The Balaban J connectivity index is 1.64. The predicted molar refractivity (Wildman–Crippen MR) is 85.3 cm³/mol. The van der Waals surface area contributed by atoms with Gasteiger partial charge in [0.2, 0.25) is 5.91 Å². The molecule has 2 atom stereocenters. The molecule has 0 bridgehead atoms. The molecule has 5 heteroatoms. The van der Waals surface area contributed by atoms with Crippen LogP contribution in [-0.4, -0.2) is 17.1 Å². The number of anilines is 1. The topological polar surface area (TPSA) is 73.4 Å². The second kappa shape index (κ2) is 6.17. The number of benzene rings is 2. The van der Waals surface area contributed by atoms with Gasteiger partial charge in [0.25, 0.3) is 0 Å². The van der Waals surface area contributed by atoms with Crippen molar-refractivity contribution in [2.75, 3.05) is 5.32 Å². The van der Waals surface area contributed by atoms with Gasteiger partial charge in [0.05, 0.1) is 5.69 Å². The molecule has 114 valence electrons. The van der Waals surface area contributed by atoms with E-state index in [1.165, 1.54) is 0 Å². The van der Waals surface area contributed by atoms with E-state index in [1.807, 2.05) is 43.3 Å². The Morgan fingerprint density at radius 1 is 1.18 bits per heavy atom. The van der Waals surface area contributed by atoms with Crippen LogP contribution in [0.3, 0.4) is 0 Å². The van der Waals surface area contributed by atoms with Gasteiger partial charge >= 0.3 is 0 Å². The Hall–Kier alpha value is -2.37. The summed E-state index contributed by atoms with van der Waals surface area (Å²) in [6.07, 6.45) is 0.655. The number of amides is 1. The quantitative estimate of drug-likeness (QED) is 0.656. The second-order valence-corrected chi connectivity index (χ2v) is 5.55. The van der Waals surface area contributed by atoms with Crippen LogP contribution in [0.5, 0.6) is 5.75 Å². The number of aryl methyl sites for hydroxylation is 1. The maximum atomic E-state index is 12.3. The highest BCUT2D eigenvalue weighted by molar-refractivity contribution is 5.96. The lowest BCUT2D eigenvalue weighted by molar-refractivity contribution is -0.117. The largest absolute Gasteiger partial charge is 0.506 e. The summed E-state index contributed by atoms with van der Waals surface area (Å²) >= 11 is 0. The van der Waals surface area contributed by atoms with Gasteiger partial charge in [-0.2, -0.15) is 0 Å². The van der Waals surface area contributed by atoms with Crippen molar-refractivity contribution in [3.8, 4) is 5.75 Å². The number of hydrogen-bond acceptors (Lipinski definition) is 4. The average molecular weight is 297 g/mol. The lowest BCUT2D eigenvalue weighted by Gasteiger charge is -2.12. The zero-order valence-electron chi connectivity index (χ0n) is 12.3. The summed E-state index contributed by atoms with van der Waals surface area (Å²) in [5, 5.41) is 12.6. The Morgan fingerprint density at radius 3 is 2.68 bits per heavy atom. The molecule has 1 amide bonds. The Labute approximate surface area is 129 Å². The third-order valence-electron chi connectivity index (χ3n) is 3.83. The first-order valence-electron chi connectivity index (χ1n) is 7.30. The zero-order chi connectivity index (χ0) is 15.5. The van der Waals surface area contributed by atoms with E-state index in [0.29, 0.717) is 12.1 Å². The monoisotopic (exact) mass is 297 g/mol. The highest BCUT2D eigenvalue weighted by atomic mass is 16.3. The van der Waals surface area contributed by atoms with Crippen molar-refractivity contribution in [3.05, 3.63) is 59.7 Å². The predicted octanol–water partition coefficient (Wildman–Crippen LogP) is 2.25. The van der Waals surface area contributed by atoms with Gasteiger partial charge in [0, 0.05) is 6.04 Å². The number of phenols is 1. The molecule has 4 N–H and O–H groups in total. The van der Waals surface area contributed by atoms with Crippen molar-refractivity contribution in [3.63, 3.8) is 0 Å². The molecule has 1 saturated heterocycles. The van der Waals surface area contributed by atoms with Crippen LogP contribution in [0.15, 0.2) is 48.5 Å². The molecule has 0 aliphatic carbocycles. The first kappa shape index (κ1) is 14.6. The Kier molecular flexibility index (Phi) is 4.09. The van der Waals surface area contributed by atoms with Gasteiger partial charge < -0.3 is 10.4 Å². The number of hydrogen-bond donors (Lipinski definition) is 4. The molecular formula is C17H19N3O2. The van der Waals surface area contributed by atoms with Crippen LogP contribution in [0.4, 0.5) is 5.69 Å². The summed E-state index contributed by atoms with van der Waals surface area (Å²) in [5.74, 6) is -0.0796. The summed E-state index contributed by atoms with van der Waals surface area (Å²) in [4.78, 5) is 12.3. The van der Waals surface area contributed by atoms with Crippen LogP contribution in [0.25, 0.3) is 0 Å². The number of aromatic hydroxyl groups is 1. The van der Waals surface area contributed by atoms with Crippen LogP contribution in [0.1, 0.15) is 23.6 Å². The van der Waals surface area contributed by atoms with Gasteiger partial charge in [-0.25, -0.2) is 10.9 Å². The third-order valence-corrected chi connectivity index (χ3v) is 3.83. The van der Waals surface area contributed by atoms with Crippen LogP contribution >= 0.6 is 0 Å². The fourth-order valence-electron chi connectivity index (χ4n) is 2.60. The molecule has 0 aromatic heterocycles. The fraction of sp³-hybridized carbons (Fsp3) is 0.235. The van der Waals surface area contributed by atoms with Gasteiger partial charge in [-0.05, 0) is 36.6 Å². The van der Waals surface area contributed by atoms with E-state index < -0.39 is 0 Å². The van der Waals surface area contributed by atoms with Crippen LogP contribution in [-0.2, 0) is 4.79 Å². The van der Waals surface area contributed by atoms with Gasteiger partial charge in [-0.1, -0.05) is 36.4 Å². The highest BCUT2D eigenvalue weighted by Gasteiger charge is 2.30. The average Bonchev–Trinajstić information content (AvgIpc) is 3.01. The van der Waals surface area contributed by atoms with E-state index in [2.05, 4.69) is 16.2 Å². The number of phenolic OH excluding ortho intramolecular Hbond substituents is 1. The Morgan fingerprint density at radius 2 is 1.95 bits per heavy atom. The minimum Gasteiger partial charge on any atom is -0.506 e. The summed E-state index contributed by atoms with van der Waals surface area (Å²) < 4.78 is 0. The molecular weight excluding hydrogens is 278 g/mol. The van der Waals surface area contributed by atoms with Crippen LogP contribution in [0.2, 0.25) is 0 Å². The minimum absolute atomic E-state index is 0.0823. The van der Waals surface area contributed by atoms with Gasteiger partial charge in [-0.15, -0.1) is 0 Å². The minimum atomic E-state index is -0.342. The van der Waals surface area contributed by atoms with Gasteiger partial charge in [-0.3, -0.25) is 4.79 Å². The number of carbonyl (C=O) groups is 1. The molecule has 22 heavy (non-hydrogen) atoms. The number of carbonyl (C=O) groups excluding carboxylic acids is 1. The standard InChI is InChI=1S/C17H19N3O2/c1-11-7-8-13(16(21)9-11)18-17(22)15-10-14(19-20-15)12-5-3-2-4-6-12/h2-9,14-15,19-21H,10H2,1H3,(H,18,22). The molecule has 0 spiro atoms. The van der Waals surface area contributed by atoms with E-state index in [1.54, 1.807) is 12.1 Å². The van der Waals surface area contributed by atoms with Crippen molar-refractivity contribution in [2.24, 2.45) is 0 Å². The lowest BCUT2D eigenvalue weighted by atomic mass is 10.0. The zero-order valence-corrected chi connectivity index (χ0v) is 12.3. The van der Waals surface area contributed by atoms with E-state index in [-0.39, 0.29) is 23.7 Å². The summed E-state index contributed by atoms with van der Waals surface area (Å²) in [5.41, 5.74) is 8.67. The number of nitrogens with one attached hydrogen (secondary N) is 3. The summed E-state index contributed by atoms with van der Waals surface area (Å²) in [7, 11) is 0. The third kappa shape index (κ3) is 3.10.